The van der Waals surface area contributed by atoms with Crippen LogP contribution >= 0.6 is 0 Å². The molecule has 1 aliphatic heterocycles. The van der Waals surface area contributed by atoms with E-state index in [4.69, 9.17) is 19.9 Å². The van der Waals surface area contributed by atoms with Crippen molar-refractivity contribution < 1.29 is 19.0 Å². The number of amides is 1. The molecule has 1 atom stereocenters. The molecule has 1 saturated heterocycles. The molecule has 2 heterocycles. The number of fused-ring (bicyclic) bond motifs is 1. The molecule has 0 saturated carbocycles. The van der Waals surface area contributed by atoms with E-state index in [0.717, 1.165) is 0 Å². The van der Waals surface area contributed by atoms with Crippen LogP contribution in [0.25, 0.3) is 10.8 Å². The Morgan fingerprint density at radius 1 is 1.26 bits per heavy atom. The summed E-state index contributed by atoms with van der Waals surface area (Å²) in [5.41, 5.74) is 5.33. The van der Waals surface area contributed by atoms with E-state index < -0.39 is 0 Å². The van der Waals surface area contributed by atoms with Gasteiger partial charge in [-0.2, -0.15) is 0 Å². The van der Waals surface area contributed by atoms with Gasteiger partial charge in [0, 0.05) is 24.7 Å². The van der Waals surface area contributed by atoms with Gasteiger partial charge in [-0.15, -0.1) is 0 Å². The molecule has 0 bridgehead atoms. The lowest BCUT2D eigenvalue weighted by molar-refractivity contribution is -0.139. The van der Waals surface area contributed by atoms with Gasteiger partial charge >= 0.3 is 0 Å². The van der Waals surface area contributed by atoms with Crippen LogP contribution < -0.4 is 20.8 Å². The number of rotatable bonds is 6. The summed E-state index contributed by atoms with van der Waals surface area (Å²) in [5.74, 6) is 0.947. The third-order valence-electron chi connectivity index (χ3n) is 4.78. The van der Waals surface area contributed by atoms with Crippen molar-refractivity contribution in [3.05, 3.63) is 34.7 Å². The number of methoxy groups -OCH3 is 2. The number of nitrogens with two attached hydrogens (primary N) is 1. The molecular formula is C19H25N3O5. The number of carbonyl (C=O) groups excluding carboxylic acids is 1. The Hall–Kier alpha value is -2.58. The Kier molecular flexibility index (Phi) is 5.98. The summed E-state index contributed by atoms with van der Waals surface area (Å²) in [6.45, 7) is 2.01. The van der Waals surface area contributed by atoms with Gasteiger partial charge in [0.05, 0.1) is 32.3 Å². The molecule has 1 aromatic carbocycles. The van der Waals surface area contributed by atoms with Crippen molar-refractivity contribution in [2.24, 2.45) is 5.73 Å². The fraction of sp³-hybridized carbons (Fsp3) is 0.474. The van der Waals surface area contributed by atoms with Gasteiger partial charge in [0.1, 0.15) is 6.54 Å². The van der Waals surface area contributed by atoms with Crippen molar-refractivity contribution in [2.75, 3.05) is 40.5 Å². The van der Waals surface area contributed by atoms with Crippen LogP contribution in [0.2, 0.25) is 0 Å². The second-order valence-electron chi connectivity index (χ2n) is 6.42. The summed E-state index contributed by atoms with van der Waals surface area (Å²) in [4.78, 5) is 27.2. The lowest BCUT2D eigenvalue weighted by atomic mass is 10.1. The molecule has 2 N–H and O–H groups in total. The molecule has 146 valence electrons. The Morgan fingerprint density at radius 3 is 2.78 bits per heavy atom. The smallest absolute Gasteiger partial charge is 0.259 e. The van der Waals surface area contributed by atoms with Crippen LogP contribution in [-0.4, -0.2) is 61.9 Å². The van der Waals surface area contributed by atoms with Crippen LogP contribution in [0.1, 0.15) is 6.42 Å². The van der Waals surface area contributed by atoms with Gasteiger partial charge in [0.25, 0.3) is 5.56 Å². The van der Waals surface area contributed by atoms with Gasteiger partial charge in [-0.25, -0.2) is 0 Å². The third-order valence-corrected chi connectivity index (χ3v) is 4.78. The zero-order valence-electron chi connectivity index (χ0n) is 15.6. The molecule has 8 nitrogen and oxygen atoms in total. The maximum Gasteiger partial charge on any atom is 0.259 e. The Balaban J connectivity index is 1.84. The van der Waals surface area contributed by atoms with Gasteiger partial charge < -0.3 is 29.4 Å². The summed E-state index contributed by atoms with van der Waals surface area (Å²) >= 11 is 0. The minimum atomic E-state index is -0.242. The Morgan fingerprint density at radius 2 is 2.07 bits per heavy atom. The highest BCUT2D eigenvalue weighted by Gasteiger charge is 2.24. The van der Waals surface area contributed by atoms with Crippen LogP contribution in [0.4, 0.5) is 0 Å². The molecule has 0 radical (unpaired) electrons. The number of hydrogen-bond acceptors (Lipinski definition) is 6. The van der Waals surface area contributed by atoms with Crippen LogP contribution in [0.3, 0.4) is 0 Å². The number of aromatic nitrogens is 1. The molecule has 27 heavy (non-hydrogen) atoms. The fourth-order valence-corrected chi connectivity index (χ4v) is 3.37. The van der Waals surface area contributed by atoms with E-state index in [2.05, 4.69) is 0 Å². The Labute approximate surface area is 157 Å². The van der Waals surface area contributed by atoms with E-state index in [1.807, 2.05) is 0 Å². The maximum absolute atomic E-state index is 12.8. The molecule has 1 aromatic heterocycles. The molecule has 1 aliphatic rings. The minimum Gasteiger partial charge on any atom is -0.493 e. The third kappa shape index (κ3) is 3.91. The second-order valence-corrected chi connectivity index (χ2v) is 6.42. The number of ether oxygens (including phenoxy) is 3. The number of benzene rings is 1. The predicted octanol–water partition coefficient (Wildman–Crippen LogP) is 0.595. The molecule has 8 heteroatoms. The molecule has 0 aliphatic carbocycles. The lowest BCUT2D eigenvalue weighted by Gasteiger charge is -2.33. The van der Waals surface area contributed by atoms with E-state index in [-0.39, 0.29) is 24.1 Å². The molecular weight excluding hydrogens is 350 g/mol. The van der Waals surface area contributed by atoms with Crippen molar-refractivity contribution in [3.63, 3.8) is 0 Å². The van der Waals surface area contributed by atoms with E-state index in [1.54, 1.807) is 36.4 Å². The summed E-state index contributed by atoms with van der Waals surface area (Å²) in [5, 5.41) is 1.13. The first-order valence-corrected chi connectivity index (χ1v) is 8.92. The largest absolute Gasteiger partial charge is 0.493 e. The van der Waals surface area contributed by atoms with E-state index in [0.29, 0.717) is 54.9 Å². The first kappa shape index (κ1) is 19.2. The maximum atomic E-state index is 12.8. The fourth-order valence-electron chi connectivity index (χ4n) is 3.37. The van der Waals surface area contributed by atoms with E-state index >= 15 is 0 Å². The number of carbonyl (C=O) groups is 1. The van der Waals surface area contributed by atoms with Gasteiger partial charge in [-0.1, -0.05) is 0 Å². The monoisotopic (exact) mass is 375 g/mol. The normalized spacial score (nSPS) is 17.1. The van der Waals surface area contributed by atoms with Gasteiger partial charge in [0.15, 0.2) is 11.5 Å². The zero-order chi connectivity index (χ0) is 19.4. The molecule has 1 amide bonds. The topological polar surface area (TPSA) is 96.0 Å². The Bertz CT molecular complexity index is 878. The SMILES string of the molecule is COc1ccc2c(=O)n(CC(=O)N3CCO[C@H](CCN)C3)ccc2c1OC. The quantitative estimate of drug-likeness (QED) is 0.794. The van der Waals surface area contributed by atoms with Gasteiger partial charge in [-0.3, -0.25) is 9.59 Å². The van der Waals surface area contributed by atoms with Crippen molar-refractivity contribution >= 4 is 16.7 Å². The van der Waals surface area contributed by atoms with Crippen molar-refractivity contribution in [3.8, 4) is 11.5 Å². The number of hydrogen-bond donors (Lipinski definition) is 1. The summed E-state index contributed by atoms with van der Waals surface area (Å²) in [6.07, 6.45) is 2.28. The first-order chi connectivity index (χ1) is 13.1. The van der Waals surface area contributed by atoms with E-state index in [1.165, 1.54) is 11.7 Å². The highest BCUT2D eigenvalue weighted by Crippen LogP contribution is 2.33. The summed E-state index contributed by atoms with van der Waals surface area (Å²) in [6, 6.07) is 5.14. The van der Waals surface area contributed by atoms with Crippen LogP contribution in [-0.2, 0) is 16.1 Å². The van der Waals surface area contributed by atoms with Crippen LogP contribution in [0.5, 0.6) is 11.5 Å². The molecule has 1 fully saturated rings. The molecule has 3 rings (SSSR count). The summed E-state index contributed by atoms with van der Waals surface area (Å²) < 4.78 is 17.7. The number of nitrogens with zero attached hydrogens (tertiary/aromatic N) is 2. The van der Waals surface area contributed by atoms with Gasteiger partial charge in [-0.05, 0) is 31.2 Å². The van der Waals surface area contributed by atoms with Gasteiger partial charge in [0.2, 0.25) is 5.91 Å². The number of morpholine rings is 1. The second kappa shape index (κ2) is 8.41. The summed E-state index contributed by atoms with van der Waals surface area (Å²) in [7, 11) is 3.08. The average molecular weight is 375 g/mol. The standard InChI is InChI=1S/C19H25N3O5/c1-25-16-4-3-15-14(18(16)26-2)6-8-22(19(15)24)12-17(23)21-9-10-27-13(11-21)5-7-20/h3-4,6,8,13H,5,7,9-12,20H2,1-2H3/t13-/m1/s1. The molecule has 0 spiro atoms. The highest BCUT2D eigenvalue weighted by molar-refractivity contribution is 5.90. The first-order valence-electron chi connectivity index (χ1n) is 8.92. The van der Waals surface area contributed by atoms with Crippen molar-refractivity contribution in [1.82, 2.24) is 9.47 Å². The van der Waals surface area contributed by atoms with Crippen LogP contribution in [0, 0.1) is 0 Å². The number of pyridine rings is 1. The highest BCUT2D eigenvalue weighted by atomic mass is 16.5. The zero-order valence-corrected chi connectivity index (χ0v) is 15.6. The minimum absolute atomic E-state index is 0.0154. The van der Waals surface area contributed by atoms with Crippen molar-refractivity contribution in [1.29, 1.82) is 0 Å². The molecule has 0 unspecified atom stereocenters. The predicted molar refractivity (Wildman–Crippen MR) is 101 cm³/mol. The average Bonchev–Trinajstić information content (AvgIpc) is 2.69. The lowest BCUT2D eigenvalue weighted by Crippen LogP contribution is -2.47. The molecule has 2 aromatic rings. The van der Waals surface area contributed by atoms with Crippen molar-refractivity contribution in [2.45, 2.75) is 19.1 Å². The van der Waals surface area contributed by atoms with Crippen LogP contribution in [0.15, 0.2) is 29.2 Å². The van der Waals surface area contributed by atoms with E-state index in [9.17, 15) is 9.59 Å².